The second kappa shape index (κ2) is 6.39. The van der Waals surface area contributed by atoms with Gasteiger partial charge < -0.3 is 15.4 Å². The Morgan fingerprint density at radius 3 is 2.90 bits per heavy atom. The van der Waals surface area contributed by atoms with E-state index in [4.69, 9.17) is 10.5 Å². The molecule has 1 heterocycles. The van der Waals surface area contributed by atoms with Gasteiger partial charge in [0.05, 0.1) is 5.69 Å². The Balaban J connectivity index is 1.87. The van der Waals surface area contributed by atoms with Crippen molar-refractivity contribution in [2.75, 3.05) is 31.2 Å². The van der Waals surface area contributed by atoms with Crippen molar-refractivity contribution < 1.29 is 9.53 Å². The van der Waals surface area contributed by atoms with E-state index in [1.165, 1.54) is 0 Å². The third-order valence-electron chi connectivity index (χ3n) is 3.46. The number of benzene rings is 1. The maximum absolute atomic E-state index is 12.2. The normalized spacial score (nSPS) is 18.4. The SMILES string of the molecule is CC1(C)CCN(C(=O)COc2ccccc2N)CCS1. The topological polar surface area (TPSA) is 55.6 Å². The lowest BCUT2D eigenvalue weighted by atomic mass is 10.1. The van der Waals surface area contributed by atoms with Crippen molar-refractivity contribution in [3.63, 3.8) is 0 Å². The fraction of sp³-hybridized carbons (Fsp3) is 0.533. The summed E-state index contributed by atoms with van der Waals surface area (Å²) in [5.74, 6) is 1.59. The number of nitrogens with two attached hydrogens (primary N) is 1. The van der Waals surface area contributed by atoms with Crippen LogP contribution >= 0.6 is 11.8 Å². The summed E-state index contributed by atoms with van der Waals surface area (Å²) in [6.07, 6.45) is 1.01. The summed E-state index contributed by atoms with van der Waals surface area (Å²) >= 11 is 1.92. The van der Waals surface area contributed by atoms with Gasteiger partial charge in [-0.05, 0) is 18.6 Å². The lowest BCUT2D eigenvalue weighted by Gasteiger charge is -2.22. The molecule has 0 atom stereocenters. The molecule has 1 aromatic rings. The van der Waals surface area contributed by atoms with Crippen LogP contribution in [0.1, 0.15) is 20.3 Å². The molecule has 1 aliphatic heterocycles. The fourth-order valence-electron chi connectivity index (χ4n) is 2.11. The number of carbonyl (C=O) groups excluding carboxylic acids is 1. The number of rotatable bonds is 3. The Labute approximate surface area is 124 Å². The number of hydrogen-bond acceptors (Lipinski definition) is 4. The number of amides is 1. The van der Waals surface area contributed by atoms with Crippen molar-refractivity contribution in [3.8, 4) is 5.75 Å². The lowest BCUT2D eigenvalue weighted by molar-refractivity contribution is -0.133. The van der Waals surface area contributed by atoms with Gasteiger partial charge in [-0.1, -0.05) is 26.0 Å². The molecule has 0 unspecified atom stereocenters. The number of hydrogen-bond donors (Lipinski definition) is 1. The standard InChI is InChI=1S/C15H22N2O2S/c1-15(2)7-8-17(9-10-20-15)14(18)11-19-13-6-4-3-5-12(13)16/h3-6H,7-11,16H2,1-2H3. The van der Waals surface area contributed by atoms with Gasteiger partial charge in [0.25, 0.3) is 5.91 Å². The molecule has 0 saturated carbocycles. The van der Waals surface area contributed by atoms with Crippen molar-refractivity contribution in [1.82, 2.24) is 4.90 Å². The van der Waals surface area contributed by atoms with E-state index in [0.29, 0.717) is 11.4 Å². The van der Waals surface area contributed by atoms with Gasteiger partial charge >= 0.3 is 0 Å². The van der Waals surface area contributed by atoms with Gasteiger partial charge in [-0.2, -0.15) is 11.8 Å². The molecule has 20 heavy (non-hydrogen) atoms. The highest BCUT2D eigenvalue weighted by Gasteiger charge is 2.26. The van der Waals surface area contributed by atoms with Crippen LogP contribution in [0.25, 0.3) is 0 Å². The van der Waals surface area contributed by atoms with Crippen molar-refractivity contribution in [2.45, 2.75) is 25.0 Å². The largest absolute Gasteiger partial charge is 0.482 e. The molecule has 1 amide bonds. The molecule has 0 aromatic heterocycles. The summed E-state index contributed by atoms with van der Waals surface area (Å²) in [7, 11) is 0. The summed E-state index contributed by atoms with van der Waals surface area (Å²) in [6, 6.07) is 7.24. The number of carbonyl (C=O) groups is 1. The molecule has 5 heteroatoms. The van der Waals surface area contributed by atoms with E-state index in [2.05, 4.69) is 13.8 Å². The minimum atomic E-state index is 0.0338. The van der Waals surface area contributed by atoms with Crippen LogP contribution < -0.4 is 10.5 Å². The molecule has 1 aliphatic rings. The van der Waals surface area contributed by atoms with Crippen molar-refractivity contribution in [2.24, 2.45) is 0 Å². The molecule has 2 rings (SSSR count). The maximum Gasteiger partial charge on any atom is 0.260 e. The average Bonchev–Trinajstić information content (AvgIpc) is 2.58. The Bertz CT molecular complexity index is 477. The highest BCUT2D eigenvalue weighted by atomic mass is 32.2. The van der Waals surface area contributed by atoms with Crippen LogP contribution in [0, 0.1) is 0 Å². The predicted molar refractivity (Wildman–Crippen MR) is 84.1 cm³/mol. The minimum absolute atomic E-state index is 0.0338. The number of nitrogen functional groups attached to an aromatic ring is 1. The molecule has 1 fully saturated rings. The number of para-hydroxylation sites is 2. The van der Waals surface area contributed by atoms with E-state index in [1.54, 1.807) is 12.1 Å². The Morgan fingerprint density at radius 1 is 1.40 bits per heavy atom. The Kier molecular flexibility index (Phi) is 4.81. The van der Waals surface area contributed by atoms with Gasteiger partial charge in [0.15, 0.2) is 6.61 Å². The van der Waals surface area contributed by atoms with Gasteiger partial charge in [-0.15, -0.1) is 0 Å². The molecule has 0 aliphatic carbocycles. The summed E-state index contributed by atoms with van der Waals surface area (Å²) in [5, 5.41) is 0. The first kappa shape index (κ1) is 15.0. The first-order valence-electron chi connectivity index (χ1n) is 6.87. The van der Waals surface area contributed by atoms with Crippen LogP contribution in [0.3, 0.4) is 0 Å². The number of anilines is 1. The molecule has 0 radical (unpaired) electrons. The quantitative estimate of drug-likeness (QED) is 0.870. The highest BCUT2D eigenvalue weighted by Crippen LogP contribution is 2.30. The molecule has 4 nitrogen and oxygen atoms in total. The Hall–Kier alpha value is -1.36. The zero-order valence-corrected chi connectivity index (χ0v) is 12.9. The van der Waals surface area contributed by atoms with Crippen LogP contribution in [0.15, 0.2) is 24.3 Å². The first-order chi connectivity index (χ1) is 9.48. The molecule has 2 N–H and O–H groups in total. The highest BCUT2D eigenvalue weighted by molar-refractivity contribution is 8.00. The van der Waals surface area contributed by atoms with Gasteiger partial charge in [0, 0.05) is 23.6 Å². The lowest BCUT2D eigenvalue weighted by Crippen LogP contribution is -2.37. The average molecular weight is 294 g/mol. The third kappa shape index (κ3) is 4.07. The van der Waals surface area contributed by atoms with Gasteiger partial charge in [0.1, 0.15) is 5.75 Å². The summed E-state index contributed by atoms with van der Waals surface area (Å²) in [5.41, 5.74) is 6.36. The van der Waals surface area contributed by atoms with Crippen LogP contribution in [-0.4, -0.2) is 41.0 Å². The second-order valence-corrected chi connectivity index (χ2v) is 7.37. The third-order valence-corrected chi connectivity index (χ3v) is 4.83. The molecular formula is C15H22N2O2S. The smallest absolute Gasteiger partial charge is 0.260 e. The fourth-order valence-corrected chi connectivity index (χ4v) is 3.21. The van der Waals surface area contributed by atoms with E-state index < -0.39 is 0 Å². The molecule has 1 aromatic carbocycles. The zero-order chi connectivity index (χ0) is 14.6. The van der Waals surface area contributed by atoms with Crippen molar-refractivity contribution in [3.05, 3.63) is 24.3 Å². The van der Waals surface area contributed by atoms with E-state index in [-0.39, 0.29) is 17.3 Å². The first-order valence-corrected chi connectivity index (χ1v) is 7.85. The van der Waals surface area contributed by atoms with Crippen LogP contribution in [0.5, 0.6) is 5.75 Å². The molecule has 0 bridgehead atoms. The van der Waals surface area contributed by atoms with Gasteiger partial charge in [0.2, 0.25) is 0 Å². The van der Waals surface area contributed by atoms with E-state index in [0.717, 1.165) is 25.3 Å². The predicted octanol–water partition coefficient (Wildman–Crippen LogP) is 2.39. The van der Waals surface area contributed by atoms with E-state index in [9.17, 15) is 4.79 Å². The number of nitrogens with zero attached hydrogens (tertiary/aromatic N) is 1. The van der Waals surface area contributed by atoms with Crippen LogP contribution in [-0.2, 0) is 4.79 Å². The second-order valence-electron chi connectivity index (χ2n) is 5.57. The van der Waals surface area contributed by atoms with Crippen molar-refractivity contribution >= 4 is 23.4 Å². The summed E-state index contributed by atoms with van der Waals surface area (Å²) < 4.78 is 5.77. The zero-order valence-electron chi connectivity index (χ0n) is 12.1. The maximum atomic E-state index is 12.2. The molecule has 1 saturated heterocycles. The van der Waals surface area contributed by atoms with Crippen LogP contribution in [0.2, 0.25) is 0 Å². The van der Waals surface area contributed by atoms with E-state index >= 15 is 0 Å². The monoisotopic (exact) mass is 294 g/mol. The number of thioether (sulfide) groups is 1. The molecular weight excluding hydrogens is 272 g/mol. The van der Waals surface area contributed by atoms with Crippen molar-refractivity contribution in [1.29, 1.82) is 0 Å². The van der Waals surface area contributed by atoms with Gasteiger partial charge in [-0.3, -0.25) is 4.79 Å². The minimum Gasteiger partial charge on any atom is -0.482 e. The summed E-state index contributed by atoms with van der Waals surface area (Å²) in [4.78, 5) is 14.1. The molecule has 110 valence electrons. The summed E-state index contributed by atoms with van der Waals surface area (Å²) in [6.45, 7) is 6.10. The Morgan fingerprint density at radius 2 is 2.15 bits per heavy atom. The van der Waals surface area contributed by atoms with Crippen LogP contribution in [0.4, 0.5) is 5.69 Å². The van der Waals surface area contributed by atoms with E-state index in [1.807, 2.05) is 28.8 Å². The molecule has 0 spiro atoms. The van der Waals surface area contributed by atoms with Gasteiger partial charge in [-0.25, -0.2) is 0 Å². The number of ether oxygens (including phenoxy) is 1.